The molecule has 2 N–H and O–H groups in total. The maximum Gasteiger partial charge on any atom is 0.144 e. The molecule has 8 aromatic carbocycles. The molecule has 328 valence electrons. The summed E-state index contributed by atoms with van der Waals surface area (Å²) >= 11 is 0. The molecule has 0 aliphatic heterocycles. The Balaban J connectivity index is 0.000000385. The number of benzene rings is 8. The summed E-state index contributed by atoms with van der Waals surface area (Å²) in [7, 11) is 4.19. The van der Waals surface area contributed by atoms with E-state index in [9.17, 15) is 10.2 Å². The van der Waals surface area contributed by atoms with Crippen LogP contribution in [-0.4, -0.2) is 56.3 Å². The van der Waals surface area contributed by atoms with E-state index < -0.39 is 0 Å². The second-order valence-electron chi connectivity index (χ2n) is 16.8. The molecular formula is C58H58HfN4O2-2. The van der Waals surface area contributed by atoms with Crippen molar-refractivity contribution in [2.24, 2.45) is 0 Å². The van der Waals surface area contributed by atoms with Gasteiger partial charge < -0.3 is 29.1 Å². The van der Waals surface area contributed by atoms with Gasteiger partial charge in [-0.1, -0.05) is 97.1 Å². The molecule has 0 aliphatic carbocycles. The van der Waals surface area contributed by atoms with Crippen LogP contribution >= 0.6 is 0 Å². The van der Waals surface area contributed by atoms with Crippen molar-refractivity contribution in [2.75, 3.05) is 27.2 Å². The molecule has 10 rings (SSSR count). The normalized spacial score (nSPS) is 11.1. The standard InChI is InChI=1S/C44H42N4O2.2C7H7.Hf.H2/c1-29-23-31(43(49)41(25-29)47-37-17-9-5-13-33(37)34-14-6-10-18-38(34)47)27-45(3)21-22-46(4)28-32-24-30(2)26-42(44(32)50)48-39-19-11-7-15-35(39)36-16-8-12-20-40(36)48;2*1-7-5-3-2-4-6-7;;/h5-20,23-26,49-50H,21-22,27-28H2,1-4H3;2*2-6H,1H2;;1H/q;2*-1;;/i;;;;1+1. The fourth-order valence-electron chi connectivity index (χ4n) is 8.65. The number of rotatable bonds is 9. The topological polar surface area (TPSA) is 56.8 Å². The van der Waals surface area contributed by atoms with Gasteiger partial charge >= 0.3 is 0 Å². The number of phenols is 2. The first-order chi connectivity index (χ1) is 31.1. The number of aromatic hydroxyl groups is 2. The summed E-state index contributed by atoms with van der Waals surface area (Å²) in [5, 5.41) is 28.2. The van der Waals surface area contributed by atoms with E-state index in [1.807, 2.05) is 60.7 Å². The molecule has 2 aromatic heterocycles. The number of aryl methyl sites for hydroxylation is 2. The van der Waals surface area contributed by atoms with Gasteiger partial charge in [-0.2, -0.15) is 49.2 Å². The summed E-state index contributed by atoms with van der Waals surface area (Å²) < 4.78 is 4.37. The van der Waals surface area contributed by atoms with Crippen molar-refractivity contribution in [1.29, 1.82) is 0 Å². The van der Waals surface area contributed by atoms with E-state index in [4.69, 9.17) is 0 Å². The minimum atomic E-state index is 0. The Hall–Kier alpha value is -6.51. The number of aromatic nitrogens is 2. The van der Waals surface area contributed by atoms with Crippen LogP contribution in [0.15, 0.2) is 182 Å². The van der Waals surface area contributed by atoms with Crippen LogP contribution in [0.1, 0.15) is 34.8 Å². The molecule has 0 amide bonds. The number of hydrogen-bond acceptors (Lipinski definition) is 4. The maximum atomic E-state index is 11.7. The molecule has 0 unspecified atom stereocenters. The van der Waals surface area contributed by atoms with Gasteiger partial charge in [0.25, 0.3) is 0 Å². The minimum absolute atomic E-state index is 0. The van der Waals surface area contributed by atoms with Crippen molar-refractivity contribution in [1.82, 2.24) is 18.9 Å². The molecule has 6 nitrogen and oxygen atoms in total. The van der Waals surface area contributed by atoms with Gasteiger partial charge in [0.2, 0.25) is 0 Å². The molecular weight excluding hydrogens is 963 g/mol. The zero-order chi connectivity index (χ0) is 44.7. The molecule has 7 heteroatoms. The summed E-state index contributed by atoms with van der Waals surface area (Å²) in [6.07, 6.45) is 0. The SMILES string of the molecule is Cc1cc(CN(C)CCN(C)Cc2cc(C)cc(-n3c4ccccc4c4ccccc43)c2O)c(O)c(-n2c3ccccc3c3ccccc32)c1.[2HH].[CH2-]c1ccccc1.[CH2-]c1ccccc1.[Hf]. The van der Waals surface area contributed by atoms with Gasteiger partial charge in [0.1, 0.15) is 11.5 Å². The quantitative estimate of drug-likeness (QED) is 0.112. The number of para-hydroxylation sites is 4. The van der Waals surface area contributed by atoms with Crippen LogP contribution in [0.4, 0.5) is 0 Å². The van der Waals surface area contributed by atoms with Gasteiger partial charge in [-0.15, -0.1) is 24.3 Å². The van der Waals surface area contributed by atoms with E-state index >= 15 is 0 Å². The predicted octanol–water partition coefficient (Wildman–Crippen LogP) is 13.5. The molecule has 0 spiro atoms. The molecule has 0 fully saturated rings. The Morgan fingerprint density at radius 3 is 0.985 bits per heavy atom. The second kappa shape index (κ2) is 21.0. The molecule has 0 saturated heterocycles. The van der Waals surface area contributed by atoms with Crippen LogP contribution in [0.5, 0.6) is 11.5 Å². The first kappa shape index (κ1) is 46.5. The number of phenolic OH excluding ortho intramolecular Hbond substituents is 2. The maximum absolute atomic E-state index is 11.7. The van der Waals surface area contributed by atoms with Gasteiger partial charge in [-0.25, -0.2) is 0 Å². The van der Waals surface area contributed by atoms with Gasteiger partial charge in [-0.3, -0.25) is 0 Å². The van der Waals surface area contributed by atoms with Crippen molar-refractivity contribution in [2.45, 2.75) is 26.9 Å². The molecule has 10 aromatic rings. The molecule has 65 heavy (non-hydrogen) atoms. The molecule has 2 heterocycles. The number of fused-ring (bicyclic) bond motifs is 6. The van der Waals surface area contributed by atoms with E-state index in [1.54, 1.807) is 0 Å². The average molecular weight is 1020 g/mol. The monoisotopic (exact) mass is 1020 g/mol. The third-order valence-corrected chi connectivity index (χ3v) is 11.7. The first-order valence-electron chi connectivity index (χ1n) is 21.8. The summed E-state index contributed by atoms with van der Waals surface area (Å²) in [6.45, 7) is 14.4. The number of nitrogens with zero attached hydrogens (tertiary/aromatic N) is 4. The Morgan fingerprint density at radius 1 is 0.431 bits per heavy atom. The summed E-state index contributed by atoms with van der Waals surface area (Å²) in [5.41, 5.74) is 12.1. The van der Waals surface area contributed by atoms with Crippen molar-refractivity contribution in [3.63, 3.8) is 0 Å². The Bertz CT molecular complexity index is 2860. The third-order valence-electron chi connectivity index (χ3n) is 11.7. The Labute approximate surface area is 403 Å². The van der Waals surface area contributed by atoms with E-state index in [0.29, 0.717) is 24.6 Å². The molecule has 0 saturated carbocycles. The van der Waals surface area contributed by atoms with Crippen molar-refractivity contribution in [3.05, 3.63) is 229 Å². The van der Waals surface area contributed by atoms with Gasteiger partial charge in [-0.05, 0) is 75.5 Å². The Morgan fingerprint density at radius 2 is 0.708 bits per heavy atom. The van der Waals surface area contributed by atoms with E-state index in [2.05, 4.69) is 182 Å². The third kappa shape index (κ3) is 10.4. The average Bonchev–Trinajstić information content (AvgIpc) is 3.82. The van der Waals surface area contributed by atoms with Crippen LogP contribution in [0.25, 0.3) is 55.0 Å². The van der Waals surface area contributed by atoms with Gasteiger partial charge in [0.05, 0.1) is 33.4 Å². The van der Waals surface area contributed by atoms with Crippen LogP contribution in [0.2, 0.25) is 0 Å². The van der Waals surface area contributed by atoms with Crippen LogP contribution in [0.3, 0.4) is 0 Å². The first-order valence-corrected chi connectivity index (χ1v) is 21.8. The zero-order valence-electron chi connectivity index (χ0n) is 37.7. The largest absolute Gasteiger partial charge is 0.505 e. The van der Waals surface area contributed by atoms with E-state index in [-0.39, 0.29) is 27.3 Å². The van der Waals surface area contributed by atoms with E-state index in [1.165, 1.54) is 21.5 Å². The van der Waals surface area contributed by atoms with Crippen molar-refractivity contribution < 1.29 is 37.5 Å². The minimum Gasteiger partial charge on any atom is -0.505 e. The molecule has 0 aliphatic rings. The predicted molar refractivity (Wildman–Crippen MR) is 271 cm³/mol. The van der Waals surface area contributed by atoms with Crippen molar-refractivity contribution in [3.8, 4) is 22.9 Å². The van der Waals surface area contributed by atoms with Gasteiger partial charge in [0, 0.05) is 86.1 Å². The molecule has 0 bridgehead atoms. The van der Waals surface area contributed by atoms with Crippen LogP contribution < -0.4 is 0 Å². The van der Waals surface area contributed by atoms with Crippen LogP contribution in [-0.2, 0) is 38.9 Å². The van der Waals surface area contributed by atoms with Crippen LogP contribution in [0, 0.1) is 27.7 Å². The fourth-order valence-corrected chi connectivity index (χ4v) is 8.65. The van der Waals surface area contributed by atoms with Crippen molar-refractivity contribution >= 4 is 43.6 Å². The number of likely N-dealkylation sites (N-methyl/N-ethyl adjacent to an activating group) is 2. The zero-order valence-corrected chi connectivity index (χ0v) is 41.3. The second-order valence-corrected chi connectivity index (χ2v) is 16.8. The summed E-state index contributed by atoms with van der Waals surface area (Å²) in [5.74, 6) is 0.620. The summed E-state index contributed by atoms with van der Waals surface area (Å²) in [4.78, 5) is 4.50. The molecule has 0 atom stereocenters. The molecule has 0 radical (unpaired) electrons. The smallest absolute Gasteiger partial charge is 0.144 e. The van der Waals surface area contributed by atoms with Gasteiger partial charge in [0.15, 0.2) is 0 Å². The Kier molecular flexibility index (Phi) is 15.0. The fraction of sp³-hybridized carbons (Fsp3) is 0.138. The summed E-state index contributed by atoms with van der Waals surface area (Å²) in [6, 6.07) is 61.6. The number of hydrogen-bond donors (Lipinski definition) is 2. The van der Waals surface area contributed by atoms with E-state index in [0.717, 1.165) is 79.9 Å².